The van der Waals surface area contributed by atoms with Gasteiger partial charge in [-0.3, -0.25) is 0 Å². The molecule has 0 aliphatic carbocycles. The van der Waals surface area contributed by atoms with Crippen molar-refractivity contribution in [2.75, 3.05) is 25.0 Å². The van der Waals surface area contributed by atoms with E-state index in [2.05, 4.69) is 35.6 Å². The lowest BCUT2D eigenvalue weighted by Crippen LogP contribution is -2.46. The number of aliphatic hydroxyl groups is 1. The molecule has 0 unspecified atom stereocenters. The summed E-state index contributed by atoms with van der Waals surface area (Å²) in [7, 11) is 0. The average molecular weight is 367 g/mol. The molecule has 4 heteroatoms. The maximum Gasteiger partial charge on any atom is 0.321 e. The molecule has 3 rings (SSSR count). The van der Waals surface area contributed by atoms with Crippen LogP contribution in [0.4, 0.5) is 10.5 Å². The largest absolute Gasteiger partial charge is 0.396 e. The van der Waals surface area contributed by atoms with Gasteiger partial charge in [-0.25, -0.2) is 4.79 Å². The Kier molecular flexibility index (Phi) is 6.17. The van der Waals surface area contributed by atoms with Gasteiger partial charge in [-0.1, -0.05) is 48.0 Å². The number of piperidine rings is 1. The van der Waals surface area contributed by atoms with Gasteiger partial charge in [-0.15, -0.1) is 0 Å². The number of rotatable bonds is 5. The van der Waals surface area contributed by atoms with Crippen LogP contribution in [0.2, 0.25) is 0 Å². The van der Waals surface area contributed by atoms with Crippen molar-refractivity contribution in [2.45, 2.75) is 39.5 Å². The van der Waals surface area contributed by atoms with Crippen molar-refractivity contribution in [3.63, 3.8) is 0 Å². The summed E-state index contributed by atoms with van der Waals surface area (Å²) in [5, 5.41) is 13.1. The van der Waals surface area contributed by atoms with Gasteiger partial charge in [0.05, 0.1) is 0 Å². The van der Waals surface area contributed by atoms with Crippen LogP contribution < -0.4 is 5.32 Å². The number of benzene rings is 2. The first-order valence-electron chi connectivity index (χ1n) is 9.79. The third kappa shape index (κ3) is 4.89. The van der Waals surface area contributed by atoms with Crippen LogP contribution in [0, 0.1) is 19.3 Å². The number of anilines is 1. The Bertz CT molecular complexity index is 765. The number of carbonyl (C=O) groups is 1. The summed E-state index contributed by atoms with van der Waals surface area (Å²) in [4.78, 5) is 14.5. The Hall–Kier alpha value is -2.33. The van der Waals surface area contributed by atoms with Crippen molar-refractivity contribution in [3.05, 3.63) is 65.2 Å². The van der Waals surface area contributed by atoms with Gasteiger partial charge < -0.3 is 15.3 Å². The topological polar surface area (TPSA) is 52.6 Å². The van der Waals surface area contributed by atoms with E-state index in [1.807, 2.05) is 36.9 Å². The number of urea groups is 1. The van der Waals surface area contributed by atoms with E-state index in [1.165, 1.54) is 11.1 Å². The Balaban J connectivity index is 1.55. The van der Waals surface area contributed by atoms with Crippen molar-refractivity contribution in [1.29, 1.82) is 0 Å². The van der Waals surface area contributed by atoms with Gasteiger partial charge in [0.15, 0.2) is 0 Å². The summed E-state index contributed by atoms with van der Waals surface area (Å²) in [5.41, 5.74) is 4.36. The first-order chi connectivity index (χ1) is 13.0. The Morgan fingerprint density at radius 2 is 1.81 bits per heavy atom. The lowest BCUT2D eigenvalue weighted by molar-refractivity contribution is 0.0503. The third-order valence-electron chi connectivity index (χ3n) is 5.86. The molecule has 0 atom stereocenters. The summed E-state index contributed by atoms with van der Waals surface area (Å²) in [5.74, 6) is 0. The van der Waals surface area contributed by atoms with Gasteiger partial charge in [-0.05, 0) is 62.1 Å². The molecular weight excluding hydrogens is 336 g/mol. The number of hydrogen-bond acceptors (Lipinski definition) is 2. The molecule has 1 saturated heterocycles. The van der Waals surface area contributed by atoms with Crippen molar-refractivity contribution >= 4 is 11.7 Å². The quantitative estimate of drug-likeness (QED) is 0.816. The van der Waals surface area contributed by atoms with Crippen molar-refractivity contribution in [3.8, 4) is 0 Å². The molecule has 1 fully saturated rings. The zero-order valence-corrected chi connectivity index (χ0v) is 16.4. The van der Waals surface area contributed by atoms with E-state index in [4.69, 9.17) is 0 Å². The van der Waals surface area contributed by atoms with Crippen LogP contribution in [0.1, 0.15) is 36.0 Å². The van der Waals surface area contributed by atoms with Crippen LogP contribution in [0.15, 0.2) is 48.5 Å². The third-order valence-corrected chi connectivity index (χ3v) is 5.86. The van der Waals surface area contributed by atoms with Crippen LogP contribution in [0.5, 0.6) is 0 Å². The SMILES string of the molecule is Cc1ccc(NC(=O)N2CCC(CO)(CCc3ccccc3)CC2)c(C)c1. The Morgan fingerprint density at radius 1 is 1.11 bits per heavy atom. The first kappa shape index (κ1) is 19.4. The van der Waals surface area contributed by atoms with Crippen LogP contribution in [0.3, 0.4) is 0 Å². The fraction of sp³-hybridized carbons (Fsp3) is 0.435. The van der Waals surface area contributed by atoms with Crippen LogP contribution >= 0.6 is 0 Å². The number of hydrogen-bond donors (Lipinski definition) is 2. The fourth-order valence-corrected chi connectivity index (χ4v) is 3.87. The zero-order valence-electron chi connectivity index (χ0n) is 16.4. The second-order valence-electron chi connectivity index (χ2n) is 7.88. The molecule has 0 saturated carbocycles. The molecule has 2 aromatic carbocycles. The molecule has 0 spiro atoms. The van der Waals surface area contributed by atoms with Crippen LogP contribution in [-0.4, -0.2) is 35.7 Å². The molecular formula is C23H30N2O2. The van der Waals surface area contributed by atoms with Gasteiger partial charge in [-0.2, -0.15) is 0 Å². The van der Waals surface area contributed by atoms with Gasteiger partial charge >= 0.3 is 6.03 Å². The standard InChI is InChI=1S/C23H30N2O2/c1-18-8-9-21(19(2)16-18)24-22(27)25-14-12-23(17-26,13-15-25)11-10-20-6-4-3-5-7-20/h3-9,16,26H,10-15,17H2,1-2H3,(H,24,27). The van der Waals surface area contributed by atoms with E-state index < -0.39 is 0 Å². The van der Waals surface area contributed by atoms with E-state index in [0.29, 0.717) is 13.1 Å². The number of nitrogens with zero attached hydrogens (tertiary/aromatic N) is 1. The van der Waals surface area contributed by atoms with Crippen LogP contribution in [0.25, 0.3) is 0 Å². The molecule has 2 aromatic rings. The summed E-state index contributed by atoms with van der Waals surface area (Å²) in [6.07, 6.45) is 3.61. The molecule has 1 heterocycles. The molecule has 1 aliphatic heterocycles. The minimum Gasteiger partial charge on any atom is -0.396 e. The van der Waals surface area contributed by atoms with Crippen LogP contribution in [-0.2, 0) is 6.42 Å². The second-order valence-corrected chi connectivity index (χ2v) is 7.88. The van der Waals surface area contributed by atoms with Crippen molar-refractivity contribution < 1.29 is 9.90 Å². The van der Waals surface area contributed by atoms with E-state index in [0.717, 1.165) is 36.9 Å². The van der Waals surface area contributed by atoms with Gasteiger partial charge in [0.2, 0.25) is 0 Å². The van der Waals surface area contributed by atoms with E-state index in [1.54, 1.807) is 0 Å². The van der Waals surface area contributed by atoms with E-state index >= 15 is 0 Å². The molecule has 0 aromatic heterocycles. The summed E-state index contributed by atoms with van der Waals surface area (Å²) in [6, 6.07) is 16.4. The highest BCUT2D eigenvalue weighted by molar-refractivity contribution is 5.90. The number of amides is 2. The first-order valence-corrected chi connectivity index (χ1v) is 9.79. The van der Waals surface area contributed by atoms with Crippen molar-refractivity contribution in [1.82, 2.24) is 4.90 Å². The summed E-state index contributed by atoms with van der Waals surface area (Å²) >= 11 is 0. The predicted octanol–water partition coefficient (Wildman–Crippen LogP) is 4.54. The van der Waals surface area contributed by atoms with Crippen molar-refractivity contribution in [2.24, 2.45) is 5.41 Å². The molecule has 144 valence electrons. The lowest BCUT2D eigenvalue weighted by Gasteiger charge is -2.41. The molecule has 2 amide bonds. The highest BCUT2D eigenvalue weighted by atomic mass is 16.3. The van der Waals surface area contributed by atoms with Gasteiger partial charge in [0.1, 0.15) is 0 Å². The monoisotopic (exact) mass is 366 g/mol. The van der Waals surface area contributed by atoms with E-state index in [9.17, 15) is 9.90 Å². The fourth-order valence-electron chi connectivity index (χ4n) is 3.87. The molecule has 27 heavy (non-hydrogen) atoms. The molecule has 1 aliphatic rings. The molecule has 0 radical (unpaired) electrons. The summed E-state index contributed by atoms with van der Waals surface area (Å²) < 4.78 is 0. The normalized spacial score (nSPS) is 16.2. The smallest absolute Gasteiger partial charge is 0.321 e. The highest BCUT2D eigenvalue weighted by Crippen LogP contribution is 2.36. The average Bonchev–Trinajstić information content (AvgIpc) is 2.69. The number of carbonyl (C=O) groups excluding carboxylic acids is 1. The minimum absolute atomic E-state index is 0.0449. The number of aliphatic hydroxyl groups excluding tert-OH is 1. The maximum absolute atomic E-state index is 12.6. The minimum atomic E-state index is -0.0770. The highest BCUT2D eigenvalue weighted by Gasteiger charge is 2.35. The molecule has 2 N–H and O–H groups in total. The Labute approximate surface area is 162 Å². The number of likely N-dealkylation sites (tertiary alicyclic amines) is 1. The second kappa shape index (κ2) is 8.57. The summed E-state index contributed by atoms with van der Waals surface area (Å²) in [6.45, 7) is 5.62. The lowest BCUT2D eigenvalue weighted by atomic mass is 9.75. The zero-order chi connectivity index (χ0) is 19.3. The van der Waals surface area contributed by atoms with Gasteiger partial charge in [0, 0.05) is 25.4 Å². The number of aryl methyl sites for hydroxylation is 3. The molecule has 4 nitrogen and oxygen atoms in total. The predicted molar refractivity (Wildman–Crippen MR) is 110 cm³/mol. The maximum atomic E-state index is 12.6. The Morgan fingerprint density at radius 3 is 2.44 bits per heavy atom. The van der Waals surface area contributed by atoms with Gasteiger partial charge in [0.25, 0.3) is 0 Å². The number of nitrogens with one attached hydrogen (secondary N) is 1. The van der Waals surface area contributed by atoms with E-state index in [-0.39, 0.29) is 18.1 Å². The molecule has 0 bridgehead atoms.